The van der Waals surface area contributed by atoms with Gasteiger partial charge in [0, 0.05) is 12.6 Å². The largest absolute Gasteiger partial charge is 0.494 e. The molecule has 0 radical (unpaired) electrons. The molecular formula is C15H20N2O3. The second-order valence-corrected chi connectivity index (χ2v) is 4.69. The highest BCUT2D eigenvalue weighted by Gasteiger charge is 2.13. The molecule has 5 nitrogen and oxygen atoms in total. The molecule has 1 aromatic heterocycles. The molecule has 108 valence electrons. The molecule has 0 atom stereocenters. The molecule has 0 aliphatic carbocycles. The maximum absolute atomic E-state index is 11.0. The Morgan fingerprint density at radius 3 is 2.85 bits per heavy atom. The summed E-state index contributed by atoms with van der Waals surface area (Å²) in [5.74, 6) is 0.514. The number of aryl methyl sites for hydroxylation is 1. The van der Waals surface area contributed by atoms with Gasteiger partial charge in [0.1, 0.15) is 18.0 Å². The lowest BCUT2D eigenvalue weighted by atomic mass is 10.2. The van der Waals surface area contributed by atoms with Crippen molar-refractivity contribution in [1.29, 1.82) is 0 Å². The number of imidazole rings is 1. The van der Waals surface area contributed by atoms with Crippen LogP contribution in [0.15, 0.2) is 18.2 Å². The van der Waals surface area contributed by atoms with Crippen molar-refractivity contribution in [2.45, 2.75) is 39.7 Å². The van der Waals surface area contributed by atoms with Crippen LogP contribution in [0.4, 0.5) is 0 Å². The number of nitrogens with zero attached hydrogens (tertiary/aromatic N) is 2. The van der Waals surface area contributed by atoms with E-state index in [1.807, 2.05) is 29.7 Å². The number of benzene rings is 1. The van der Waals surface area contributed by atoms with Gasteiger partial charge in [-0.25, -0.2) is 4.98 Å². The van der Waals surface area contributed by atoms with Crippen LogP contribution in [0.2, 0.25) is 0 Å². The number of carbonyl (C=O) groups is 1. The average molecular weight is 276 g/mol. The Morgan fingerprint density at radius 1 is 1.40 bits per heavy atom. The maximum atomic E-state index is 11.0. The standard InChI is InChI=1S/C15H20N2O3/c1-3-5-8-17-13-7-6-11(20-4-2)9-12(13)16-14(17)10-15(18)19/h6-7,9H,3-5,8,10H2,1-2H3,(H,18,19). The van der Waals surface area contributed by atoms with Crippen molar-refractivity contribution in [2.24, 2.45) is 0 Å². The monoisotopic (exact) mass is 276 g/mol. The molecule has 0 unspecified atom stereocenters. The molecule has 2 rings (SSSR count). The second kappa shape index (κ2) is 6.41. The van der Waals surface area contributed by atoms with Gasteiger partial charge >= 0.3 is 5.97 Å². The fourth-order valence-corrected chi connectivity index (χ4v) is 2.25. The molecule has 20 heavy (non-hydrogen) atoms. The Hall–Kier alpha value is -2.04. The third kappa shape index (κ3) is 3.10. The van der Waals surface area contributed by atoms with Gasteiger partial charge in [0.2, 0.25) is 0 Å². The summed E-state index contributed by atoms with van der Waals surface area (Å²) in [6.45, 7) is 5.44. The second-order valence-electron chi connectivity index (χ2n) is 4.69. The number of hydrogen-bond acceptors (Lipinski definition) is 3. The predicted molar refractivity (Wildman–Crippen MR) is 77.1 cm³/mol. The number of unbranched alkanes of at least 4 members (excludes halogenated alkanes) is 1. The number of hydrogen-bond donors (Lipinski definition) is 1. The Labute approximate surface area is 118 Å². The predicted octanol–water partition coefficient (Wildman–Crippen LogP) is 2.86. The van der Waals surface area contributed by atoms with Crippen molar-refractivity contribution in [3.05, 3.63) is 24.0 Å². The van der Waals surface area contributed by atoms with E-state index in [9.17, 15) is 4.79 Å². The summed E-state index contributed by atoms with van der Waals surface area (Å²) < 4.78 is 7.46. The quantitative estimate of drug-likeness (QED) is 0.844. The van der Waals surface area contributed by atoms with Gasteiger partial charge in [-0.1, -0.05) is 13.3 Å². The maximum Gasteiger partial charge on any atom is 0.311 e. The van der Waals surface area contributed by atoms with Crippen LogP contribution in [0, 0.1) is 0 Å². The first kappa shape index (κ1) is 14.4. The molecule has 2 aromatic rings. The van der Waals surface area contributed by atoms with Crippen LogP contribution in [0.5, 0.6) is 5.75 Å². The van der Waals surface area contributed by atoms with Gasteiger partial charge in [0.15, 0.2) is 0 Å². The number of carboxylic acids is 1. The molecule has 0 bridgehead atoms. The van der Waals surface area contributed by atoms with Crippen LogP contribution in [0.1, 0.15) is 32.5 Å². The molecule has 1 heterocycles. The third-order valence-electron chi connectivity index (χ3n) is 3.15. The van der Waals surface area contributed by atoms with Crippen LogP contribution in [0.25, 0.3) is 11.0 Å². The smallest absolute Gasteiger partial charge is 0.311 e. The first-order chi connectivity index (χ1) is 9.65. The normalized spacial score (nSPS) is 10.9. The Bertz CT molecular complexity index is 604. The van der Waals surface area contributed by atoms with Gasteiger partial charge in [-0.15, -0.1) is 0 Å². The molecule has 0 spiro atoms. The molecule has 1 N–H and O–H groups in total. The van der Waals surface area contributed by atoms with Crippen molar-refractivity contribution in [1.82, 2.24) is 9.55 Å². The summed E-state index contributed by atoms with van der Waals surface area (Å²) in [5, 5.41) is 9.00. The van der Waals surface area contributed by atoms with E-state index in [4.69, 9.17) is 9.84 Å². The van der Waals surface area contributed by atoms with Gasteiger partial charge < -0.3 is 14.4 Å². The zero-order valence-electron chi connectivity index (χ0n) is 11.9. The Morgan fingerprint density at radius 2 is 2.20 bits per heavy atom. The average Bonchev–Trinajstić information content (AvgIpc) is 2.72. The van der Waals surface area contributed by atoms with Gasteiger partial charge in [-0.2, -0.15) is 0 Å². The SMILES string of the molecule is CCCCn1c(CC(=O)O)nc2cc(OCC)ccc21. The van der Waals surface area contributed by atoms with Crippen molar-refractivity contribution < 1.29 is 14.6 Å². The highest BCUT2D eigenvalue weighted by molar-refractivity contribution is 5.79. The highest BCUT2D eigenvalue weighted by atomic mass is 16.5. The molecule has 0 fully saturated rings. The summed E-state index contributed by atoms with van der Waals surface area (Å²) in [7, 11) is 0. The van der Waals surface area contributed by atoms with E-state index in [2.05, 4.69) is 11.9 Å². The molecule has 0 saturated carbocycles. The Balaban J connectivity index is 2.43. The minimum atomic E-state index is -0.858. The topological polar surface area (TPSA) is 64.4 Å². The van der Waals surface area contributed by atoms with Crippen LogP contribution in [-0.4, -0.2) is 27.2 Å². The van der Waals surface area contributed by atoms with Crippen molar-refractivity contribution in [3.8, 4) is 5.75 Å². The van der Waals surface area contributed by atoms with Gasteiger partial charge in [-0.05, 0) is 25.5 Å². The van der Waals surface area contributed by atoms with Crippen LogP contribution >= 0.6 is 0 Å². The van der Waals surface area contributed by atoms with E-state index in [1.165, 1.54) is 0 Å². The minimum absolute atomic E-state index is 0.0532. The van der Waals surface area contributed by atoms with E-state index in [0.29, 0.717) is 12.4 Å². The highest BCUT2D eigenvalue weighted by Crippen LogP contribution is 2.23. The van der Waals surface area contributed by atoms with E-state index < -0.39 is 5.97 Å². The summed E-state index contributed by atoms with van der Waals surface area (Å²) in [5.41, 5.74) is 1.77. The zero-order chi connectivity index (χ0) is 14.5. The van der Waals surface area contributed by atoms with Crippen LogP contribution < -0.4 is 4.74 Å². The molecule has 0 amide bonds. The van der Waals surface area contributed by atoms with Crippen molar-refractivity contribution in [3.63, 3.8) is 0 Å². The minimum Gasteiger partial charge on any atom is -0.494 e. The fraction of sp³-hybridized carbons (Fsp3) is 0.467. The van der Waals surface area contributed by atoms with E-state index in [-0.39, 0.29) is 6.42 Å². The van der Waals surface area contributed by atoms with Crippen LogP contribution in [-0.2, 0) is 17.8 Å². The molecule has 5 heteroatoms. The first-order valence-corrected chi connectivity index (χ1v) is 6.99. The number of ether oxygens (including phenoxy) is 1. The lowest BCUT2D eigenvalue weighted by Crippen LogP contribution is -2.09. The Kier molecular flexibility index (Phi) is 4.61. The number of fused-ring (bicyclic) bond motifs is 1. The molecule has 0 aliphatic rings. The van der Waals surface area contributed by atoms with Gasteiger partial charge in [0.05, 0.1) is 17.6 Å². The lowest BCUT2D eigenvalue weighted by Gasteiger charge is -2.07. The summed E-state index contributed by atoms with van der Waals surface area (Å²) >= 11 is 0. The van der Waals surface area contributed by atoms with Crippen molar-refractivity contribution in [2.75, 3.05) is 6.61 Å². The van der Waals surface area contributed by atoms with E-state index >= 15 is 0 Å². The zero-order valence-corrected chi connectivity index (χ0v) is 11.9. The number of carboxylic acid groups (broad SMARTS) is 1. The number of rotatable bonds is 7. The number of aromatic nitrogens is 2. The summed E-state index contributed by atoms with van der Waals surface area (Å²) in [6, 6.07) is 5.72. The lowest BCUT2D eigenvalue weighted by molar-refractivity contribution is -0.136. The summed E-state index contributed by atoms with van der Waals surface area (Å²) in [6.07, 6.45) is 2.01. The summed E-state index contributed by atoms with van der Waals surface area (Å²) in [4.78, 5) is 15.4. The molecule has 0 saturated heterocycles. The molecular weight excluding hydrogens is 256 g/mol. The first-order valence-electron chi connectivity index (χ1n) is 6.99. The van der Waals surface area contributed by atoms with E-state index in [0.717, 1.165) is 36.2 Å². The van der Waals surface area contributed by atoms with Crippen molar-refractivity contribution >= 4 is 17.0 Å². The third-order valence-corrected chi connectivity index (χ3v) is 3.15. The molecule has 1 aromatic carbocycles. The van der Waals surface area contributed by atoms with Gasteiger partial charge in [-0.3, -0.25) is 4.79 Å². The van der Waals surface area contributed by atoms with Crippen LogP contribution in [0.3, 0.4) is 0 Å². The van der Waals surface area contributed by atoms with E-state index in [1.54, 1.807) is 0 Å². The fourth-order valence-electron chi connectivity index (χ4n) is 2.25. The molecule has 0 aliphatic heterocycles. The number of aliphatic carboxylic acids is 1. The van der Waals surface area contributed by atoms with Gasteiger partial charge in [0.25, 0.3) is 0 Å².